The molecule has 4 nitrogen and oxygen atoms in total. The van der Waals surface area contributed by atoms with Crippen molar-refractivity contribution in [1.29, 1.82) is 0 Å². The summed E-state index contributed by atoms with van der Waals surface area (Å²) in [5, 5.41) is 3.02. The van der Waals surface area contributed by atoms with Crippen LogP contribution >= 0.6 is 11.6 Å². The summed E-state index contributed by atoms with van der Waals surface area (Å²) in [5.41, 5.74) is 0.965. The van der Waals surface area contributed by atoms with Crippen molar-refractivity contribution in [3.63, 3.8) is 0 Å². The van der Waals surface area contributed by atoms with E-state index in [0.29, 0.717) is 24.3 Å². The van der Waals surface area contributed by atoms with Crippen LogP contribution in [0, 0.1) is 0 Å². The van der Waals surface area contributed by atoms with E-state index in [2.05, 4.69) is 5.32 Å². The Hall–Kier alpha value is -1.26. The van der Waals surface area contributed by atoms with Crippen LogP contribution in [0.25, 0.3) is 0 Å². The Morgan fingerprint density at radius 3 is 2.76 bits per heavy atom. The van der Waals surface area contributed by atoms with Gasteiger partial charge >= 0.3 is 5.97 Å². The number of rotatable bonds is 2. The van der Waals surface area contributed by atoms with Gasteiger partial charge < -0.3 is 14.8 Å². The molecule has 1 N–H and O–H groups in total. The number of nitrogens with one attached hydrogen (secondary N) is 1. The minimum absolute atomic E-state index is 0.252. The van der Waals surface area contributed by atoms with E-state index in [-0.39, 0.29) is 12.1 Å². The van der Waals surface area contributed by atoms with Crippen molar-refractivity contribution in [2.45, 2.75) is 55.7 Å². The first-order valence-electron chi connectivity index (χ1n) is 7.59. The monoisotopic (exact) mass is 307 g/mol. The average molecular weight is 308 g/mol. The largest absolute Gasteiger partial charge is 0.490 e. The second-order valence-electron chi connectivity index (χ2n) is 6.21. The Morgan fingerprint density at radius 2 is 2.00 bits per heavy atom. The van der Waals surface area contributed by atoms with Gasteiger partial charge in [0.25, 0.3) is 0 Å². The van der Waals surface area contributed by atoms with Gasteiger partial charge in [0.05, 0.1) is 0 Å². The van der Waals surface area contributed by atoms with E-state index in [1.165, 1.54) is 12.8 Å². The molecule has 5 heteroatoms. The molecule has 0 radical (unpaired) electrons. The number of piperidine rings is 1. The van der Waals surface area contributed by atoms with Crippen molar-refractivity contribution in [2.24, 2.45) is 0 Å². The van der Waals surface area contributed by atoms with Crippen LogP contribution in [-0.2, 0) is 11.2 Å². The van der Waals surface area contributed by atoms with E-state index in [0.717, 1.165) is 24.2 Å². The van der Waals surface area contributed by atoms with Crippen LogP contribution in [0.15, 0.2) is 18.2 Å². The van der Waals surface area contributed by atoms with Crippen LogP contribution in [0.5, 0.6) is 11.5 Å². The van der Waals surface area contributed by atoms with E-state index < -0.39 is 5.38 Å². The third-order valence-corrected chi connectivity index (χ3v) is 4.97. The van der Waals surface area contributed by atoms with Crippen molar-refractivity contribution in [3.05, 3.63) is 23.8 Å². The molecule has 0 saturated carbocycles. The highest BCUT2D eigenvalue weighted by Gasteiger charge is 2.34. The van der Waals surface area contributed by atoms with Crippen molar-refractivity contribution in [3.8, 4) is 11.5 Å². The number of carbonyl (C=O) groups excluding carboxylic acids is 1. The van der Waals surface area contributed by atoms with E-state index in [4.69, 9.17) is 21.1 Å². The maximum absolute atomic E-state index is 11.5. The maximum Gasteiger partial charge on any atom is 0.329 e. The molecular formula is C16H18ClNO3. The van der Waals surface area contributed by atoms with Gasteiger partial charge in [0.15, 0.2) is 0 Å². The number of hydrogen-bond donors (Lipinski definition) is 1. The van der Waals surface area contributed by atoms with Gasteiger partial charge in [0.2, 0.25) is 0 Å². The summed E-state index contributed by atoms with van der Waals surface area (Å²) in [5.74, 6) is 0.994. The summed E-state index contributed by atoms with van der Waals surface area (Å²) in [6.45, 7) is 0. The van der Waals surface area contributed by atoms with E-state index >= 15 is 0 Å². The number of fused-ring (bicyclic) bond motifs is 3. The third kappa shape index (κ3) is 2.62. The quantitative estimate of drug-likeness (QED) is 0.518. The molecule has 0 aromatic heterocycles. The van der Waals surface area contributed by atoms with E-state index in [1.54, 1.807) is 0 Å². The number of alkyl halides is 1. The van der Waals surface area contributed by atoms with Crippen molar-refractivity contribution in [2.75, 3.05) is 0 Å². The van der Waals surface area contributed by atoms with Crippen LogP contribution in [0.2, 0.25) is 0 Å². The Kier molecular flexibility index (Phi) is 3.31. The molecule has 3 aliphatic rings. The first kappa shape index (κ1) is 13.4. The van der Waals surface area contributed by atoms with Gasteiger partial charge in [0, 0.05) is 24.6 Å². The van der Waals surface area contributed by atoms with Crippen LogP contribution in [0.3, 0.4) is 0 Å². The van der Waals surface area contributed by atoms with Crippen LogP contribution < -0.4 is 14.8 Å². The smallest absolute Gasteiger partial charge is 0.329 e. The Bertz CT molecular complexity index is 565. The minimum atomic E-state index is -0.579. The van der Waals surface area contributed by atoms with Gasteiger partial charge in [0.1, 0.15) is 23.0 Å². The zero-order valence-electron chi connectivity index (χ0n) is 11.7. The Morgan fingerprint density at radius 1 is 1.24 bits per heavy atom. The molecule has 112 valence electrons. The highest BCUT2D eigenvalue weighted by molar-refractivity contribution is 6.30. The molecule has 3 unspecified atom stereocenters. The van der Waals surface area contributed by atoms with Gasteiger partial charge in [-0.1, -0.05) is 6.07 Å². The number of benzene rings is 1. The third-order valence-electron chi connectivity index (χ3n) is 4.64. The maximum atomic E-state index is 11.5. The van der Waals surface area contributed by atoms with E-state index in [9.17, 15) is 4.79 Å². The summed E-state index contributed by atoms with van der Waals surface area (Å²) in [4.78, 5) is 11.5. The summed E-state index contributed by atoms with van der Waals surface area (Å²) in [7, 11) is 0. The Labute approximate surface area is 128 Å². The van der Waals surface area contributed by atoms with Gasteiger partial charge in [-0.3, -0.25) is 4.79 Å². The molecule has 3 atom stereocenters. The second-order valence-corrected chi connectivity index (χ2v) is 6.74. The first-order valence-corrected chi connectivity index (χ1v) is 8.02. The highest BCUT2D eigenvalue weighted by Crippen LogP contribution is 2.34. The van der Waals surface area contributed by atoms with Crippen LogP contribution in [-0.4, -0.2) is 29.5 Å². The zero-order valence-corrected chi connectivity index (χ0v) is 12.4. The second kappa shape index (κ2) is 5.18. The summed E-state index contributed by atoms with van der Waals surface area (Å²) < 4.78 is 11.4. The minimum Gasteiger partial charge on any atom is -0.490 e. The molecule has 3 aliphatic heterocycles. The fraction of sp³-hybridized carbons (Fsp3) is 0.562. The average Bonchev–Trinajstić information content (AvgIpc) is 2.80. The zero-order chi connectivity index (χ0) is 14.4. The number of ether oxygens (including phenoxy) is 2. The summed E-state index contributed by atoms with van der Waals surface area (Å²) in [6.07, 6.45) is 5.39. The summed E-state index contributed by atoms with van der Waals surface area (Å²) in [6, 6.07) is 6.91. The fourth-order valence-electron chi connectivity index (χ4n) is 3.61. The Balaban J connectivity index is 1.49. The molecule has 2 bridgehead atoms. The lowest BCUT2D eigenvalue weighted by atomic mass is 10.0. The normalized spacial score (nSPS) is 34.2. The topological polar surface area (TPSA) is 47.6 Å². The predicted molar refractivity (Wildman–Crippen MR) is 79.0 cm³/mol. The first-order chi connectivity index (χ1) is 10.2. The molecule has 1 aromatic rings. The number of hydrogen-bond acceptors (Lipinski definition) is 4. The van der Waals surface area contributed by atoms with Crippen molar-refractivity contribution in [1.82, 2.24) is 5.32 Å². The highest BCUT2D eigenvalue weighted by atomic mass is 35.5. The lowest BCUT2D eigenvalue weighted by Crippen LogP contribution is -2.42. The molecular weight excluding hydrogens is 290 g/mol. The van der Waals surface area contributed by atoms with Crippen molar-refractivity contribution < 1.29 is 14.3 Å². The van der Waals surface area contributed by atoms with Crippen molar-refractivity contribution >= 4 is 17.6 Å². The molecule has 4 rings (SSSR count). The van der Waals surface area contributed by atoms with Gasteiger partial charge in [-0.15, -0.1) is 11.6 Å². The molecule has 3 heterocycles. The fourth-order valence-corrected chi connectivity index (χ4v) is 3.83. The SMILES string of the molecule is O=C1Oc2cc(OC3CC4CCC(C3)N4)ccc2CC1Cl. The lowest BCUT2D eigenvalue weighted by molar-refractivity contribution is -0.134. The van der Waals surface area contributed by atoms with Gasteiger partial charge in [-0.05, 0) is 37.3 Å². The standard InChI is InChI=1S/C16H18ClNO3/c17-14-5-9-1-4-12(8-15(9)21-16(14)19)20-13-6-10-2-3-11(7-13)18-10/h1,4,8,10-11,13-14,18H,2-3,5-7H2. The molecule has 0 spiro atoms. The molecule has 0 amide bonds. The predicted octanol–water partition coefficient (Wildman–Crippen LogP) is 2.42. The molecule has 0 aliphatic carbocycles. The lowest BCUT2D eigenvalue weighted by Gasteiger charge is -2.30. The number of halogens is 1. The summed E-state index contributed by atoms with van der Waals surface area (Å²) >= 11 is 5.92. The number of carbonyl (C=O) groups is 1. The van der Waals surface area contributed by atoms with Gasteiger partial charge in [-0.25, -0.2) is 0 Å². The number of esters is 1. The van der Waals surface area contributed by atoms with Crippen LogP contribution in [0.1, 0.15) is 31.2 Å². The van der Waals surface area contributed by atoms with Gasteiger partial charge in [-0.2, -0.15) is 0 Å². The van der Waals surface area contributed by atoms with Crippen LogP contribution in [0.4, 0.5) is 0 Å². The molecule has 2 fully saturated rings. The molecule has 21 heavy (non-hydrogen) atoms. The van der Waals surface area contributed by atoms with E-state index in [1.807, 2.05) is 18.2 Å². The molecule has 1 aromatic carbocycles. The molecule has 2 saturated heterocycles.